The van der Waals surface area contributed by atoms with E-state index < -0.39 is 10.8 Å². The number of anilines is 6. The van der Waals surface area contributed by atoms with Gasteiger partial charge in [0.25, 0.3) is 0 Å². The van der Waals surface area contributed by atoms with Crippen LogP contribution < -0.4 is 19.3 Å². The molecule has 21 aromatic carbocycles. The van der Waals surface area contributed by atoms with Crippen molar-refractivity contribution in [3.8, 4) is 168 Å². The number of benzene rings is 21. The van der Waals surface area contributed by atoms with Crippen LogP contribution in [0.15, 0.2) is 473 Å². The molecule has 0 saturated carbocycles. The maximum atomic E-state index is 6.79. The molecule has 648 valence electrons. The van der Waals surface area contributed by atoms with Gasteiger partial charge in [-0.15, -0.1) is 0 Å². The third kappa shape index (κ3) is 11.4. The first kappa shape index (κ1) is 79.4. The Morgan fingerprint density at radius 3 is 0.710 bits per heavy atom. The van der Waals surface area contributed by atoms with Crippen molar-refractivity contribution in [1.82, 2.24) is 0 Å². The number of nitrogens with zero attached hydrogens (tertiary/aromatic N) is 2. The van der Waals surface area contributed by atoms with Gasteiger partial charge in [-0.1, -0.05) is 398 Å². The smallest absolute Gasteiger partial charge is 0.135 e. The van der Waals surface area contributed by atoms with Crippen molar-refractivity contribution >= 4 is 34.1 Å². The molecular formula is C134H90N2O2. The van der Waals surface area contributed by atoms with E-state index in [1.165, 1.54) is 167 Å². The molecule has 0 radical (unpaired) electrons. The second kappa shape index (κ2) is 30.2. The van der Waals surface area contributed by atoms with Crippen LogP contribution in [0.25, 0.3) is 145 Å². The van der Waals surface area contributed by atoms with Crippen molar-refractivity contribution in [1.29, 1.82) is 0 Å². The van der Waals surface area contributed by atoms with E-state index in [1.807, 2.05) is 6.07 Å². The summed E-state index contributed by atoms with van der Waals surface area (Å²) in [6.07, 6.45) is 0. The van der Waals surface area contributed by atoms with Crippen LogP contribution in [-0.4, -0.2) is 0 Å². The van der Waals surface area contributed by atoms with E-state index in [-0.39, 0.29) is 10.8 Å². The van der Waals surface area contributed by atoms with Crippen LogP contribution in [0.3, 0.4) is 0 Å². The third-order valence-electron chi connectivity index (χ3n) is 31.5. The largest absolute Gasteiger partial charge is 0.456 e. The molecule has 0 unspecified atom stereocenters. The van der Waals surface area contributed by atoms with Crippen molar-refractivity contribution < 1.29 is 9.47 Å². The lowest BCUT2D eigenvalue weighted by molar-refractivity contribution is 0.487. The first-order chi connectivity index (χ1) is 68.0. The van der Waals surface area contributed by atoms with Crippen molar-refractivity contribution in [2.75, 3.05) is 9.80 Å². The number of hydrogen-bond acceptors (Lipinski definition) is 4. The van der Waals surface area contributed by atoms with E-state index in [9.17, 15) is 0 Å². The highest BCUT2D eigenvalue weighted by molar-refractivity contribution is 6.04. The third-order valence-corrected chi connectivity index (χ3v) is 31.5. The fourth-order valence-electron chi connectivity index (χ4n) is 25.4. The molecule has 0 amide bonds. The predicted octanol–water partition coefficient (Wildman–Crippen LogP) is 35.5. The Labute approximate surface area is 804 Å². The summed E-state index contributed by atoms with van der Waals surface area (Å²) in [7, 11) is 0. The predicted molar refractivity (Wildman–Crippen MR) is 568 cm³/mol. The molecule has 0 saturated heterocycles. The first-order valence-electron chi connectivity index (χ1n) is 48.2. The Balaban J connectivity index is 0.000000137. The first-order valence-corrected chi connectivity index (χ1v) is 48.2. The maximum Gasteiger partial charge on any atom is 0.135 e. The van der Waals surface area contributed by atoms with E-state index in [0.29, 0.717) is 0 Å². The molecule has 0 fully saturated rings. The monoisotopic (exact) mass is 1760 g/mol. The van der Waals surface area contributed by atoms with Gasteiger partial charge in [0.1, 0.15) is 23.0 Å². The van der Waals surface area contributed by atoms with Gasteiger partial charge in [-0.05, 0) is 292 Å². The summed E-state index contributed by atoms with van der Waals surface area (Å²) in [5, 5.41) is 0. The van der Waals surface area contributed by atoms with Gasteiger partial charge in [-0.3, -0.25) is 0 Å². The minimum atomic E-state index is -0.551. The van der Waals surface area contributed by atoms with E-state index in [1.54, 1.807) is 0 Å². The lowest BCUT2D eigenvalue weighted by Crippen LogP contribution is -2.29. The summed E-state index contributed by atoms with van der Waals surface area (Å²) in [4.78, 5) is 4.89. The summed E-state index contributed by atoms with van der Waals surface area (Å²) in [6, 6.07) is 176. The molecule has 0 aromatic heterocycles. The molecule has 8 aliphatic rings. The van der Waals surface area contributed by atoms with Crippen LogP contribution in [0.1, 0.15) is 94.5 Å². The number of ether oxygens (including phenoxy) is 2. The Hall–Kier alpha value is -17.2. The standard InChI is InChI=1S/C70H47NO.C64H43NO/c1-69(2)61-26-12-7-23-55(61)57-38-36-48(43-66(57)69)71(47-37-40-68-60(42-47)52-20-6-5-19-51(52)58-25-11-16-30-67(58)72-68)46-34-31-44(32-35-46)45-33-39-65-59(41-45)56-24-10-15-29-64(56)70(65)62-27-13-8-21-53(62)49-17-3-4-18-50(49)54-22-9-14-28-63(54)70;1-63(2)55-26-12-7-23-49(55)51-34-31-42(39-60(51)63)65(41-33-36-62-54(38-41)46-20-6-5-19-45(46)52-25-11-16-30-61(52)66-62)40-32-35-59-53(37-40)50-24-10-15-29-58(50)64(59)56-27-13-8-21-47(56)43-17-3-4-18-44(43)48-22-9-14-28-57(48)64/h3-43H,1-2H3;3-39H,1-2H3. The topological polar surface area (TPSA) is 24.9 Å². The number of fused-ring (bicyclic) bond motifs is 40. The number of para-hydroxylation sites is 2. The lowest BCUT2D eigenvalue weighted by atomic mass is 9.66. The van der Waals surface area contributed by atoms with E-state index in [4.69, 9.17) is 9.47 Å². The highest BCUT2D eigenvalue weighted by Crippen LogP contribution is 2.66. The Bertz CT molecular complexity index is 8630. The van der Waals surface area contributed by atoms with Crippen LogP contribution in [0.5, 0.6) is 23.0 Å². The minimum absolute atomic E-state index is 0.153. The normalized spacial score (nSPS) is 14.1. The van der Waals surface area contributed by atoms with E-state index in [2.05, 4.69) is 505 Å². The molecule has 21 aromatic rings. The van der Waals surface area contributed by atoms with E-state index >= 15 is 0 Å². The average molecular weight is 1760 g/mol. The quantitative estimate of drug-likeness (QED) is 0.159. The SMILES string of the molecule is CC1(C)c2ccccc2-c2ccc(N(c3ccc(-c4ccc5c(c4)-c4ccccc4C54c5ccccc5-c5ccccc5-c5ccccc54)cc3)c3ccc4c(c3)-c3ccccc3-c3ccccc3O4)cc21.CC1(C)c2ccccc2-c2ccc(N(c3ccc4c(c3)-c3ccccc3-c3ccccc3O4)c3ccc4c(c3)-c3ccccc3C43c4ccccc4-c4ccccc4-c4ccccc43)cc21. The van der Waals surface area contributed by atoms with Crippen molar-refractivity contribution in [2.24, 2.45) is 0 Å². The van der Waals surface area contributed by atoms with Gasteiger partial charge < -0.3 is 19.3 Å². The van der Waals surface area contributed by atoms with Crippen molar-refractivity contribution in [3.05, 3.63) is 540 Å². The summed E-state index contributed by atoms with van der Waals surface area (Å²) < 4.78 is 13.5. The van der Waals surface area contributed by atoms with Gasteiger partial charge in [0.2, 0.25) is 0 Å². The highest BCUT2D eigenvalue weighted by Gasteiger charge is 2.53. The second-order valence-electron chi connectivity index (χ2n) is 39.0. The van der Waals surface area contributed by atoms with Crippen LogP contribution >= 0.6 is 0 Å². The zero-order valence-electron chi connectivity index (χ0n) is 76.7. The van der Waals surface area contributed by atoms with E-state index in [0.717, 1.165) is 102 Å². The molecule has 138 heavy (non-hydrogen) atoms. The number of rotatable bonds is 7. The molecule has 4 nitrogen and oxygen atoms in total. The van der Waals surface area contributed by atoms with Crippen LogP contribution in [0.2, 0.25) is 0 Å². The van der Waals surface area contributed by atoms with Gasteiger partial charge >= 0.3 is 0 Å². The molecule has 0 bridgehead atoms. The van der Waals surface area contributed by atoms with Gasteiger partial charge in [0.05, 0.1) is 10.8 Å². The summed E-state index contributed by atoms with van der Waals surface area (Å²) >= 11 is 0. The molecule has 6 aliphatic carbocycles. The lowest BCUT2D eigenvalue weighted by Gasteiger charge is -2.35. The summed E-state index contributed by atoms with van der Waals surface area (Å²) in [5.74, 6) is 3.42. The van der Waals surface area contributed by atoms with Gasteiger partial charge in [-0.2, -0.15) is 0 Å². The molecular weight excluding hydrogens is 1670 g/mol. The van der Waals surface area contributed by atoms with Crippen LogP contribution in [0, 0.1) is 0 Å². The fraction of sp³-hybridized carbons (Fsp3) is 0.0597. The molecule has 2 spiro atoms. The molecule has 2 heterocycles. The maximum absolute atomic E-state index is 6.79. The van der Waals surface area contributed by atoms with Crippen molar-refractivity contribution in [2.45, 2.75) is 49.4 Å². The van der Waals surface area contributed by atoms with Gasteiger partial charge in [0.15, 0.2) is 0 Å². The summed E-state index contributed by atoms with van der Waals surface area (Å²) in [5.41, 5.74) is 52.9. The zero-order valence-corrected chi connectivity index (χ0v) is 76.7. The summed E-state index contributed by atoms with van der Waals surface area (Å²) in [6.45, 7) is 9.45. The van der Waals surface area contributed by atoms with Crippen molar-refractivity contribution in [3.63, 3.8) is 0 Å². The molecule has 2 aliphatic heterocycles. The van der Waals surface area contributed by atoms with Gasteiger partial charge in [0, 0.05) is 67.2 Å². The molecule has 4 heteroatoms. The number of hydrogen-bond donors (Lipinski definition) is 0. The Kier molecular flexibility index (Phi) is 17.4. The zero-order chi connectivity index (χ0) is 91.4. The fourth-order valence-corrected chi connectivity index (χ4v) is 25.4. The minimum Gasteiger partial charge on any atom is -0.456 e. The molecule has 0 atom stereocenters. The second-order valence-corrected chi connectivity index (χ2v) is 39.0. The van der Waals surface area contributed by atoms with Crippen LogP contribution in [-0.2, 0) is 21.7 Å². The Morgan fingerprint density at radius 2 is 0.348 bits per heavy atom. The van der Waals surface area contributed by atoms with Crippen LogP contribution in [0.4, 0.5) is 34.1 Å². The van der Waals surface area contributed by atoms with Gasteiger partial charge in [-0.25, -0.2) is 0 Å². The molecule has 0 N–H and O–H groups in total. The highest BCUT2D eigenvalue weighted by atomic mass is 16.5. The average Bonchev–Trinajstić information content (AvgIpc) is 1.52. The Morgan fingerprint density at radius 1 is 0.138 bits per heavy atom. The molecule has 29 rings (SSSR count).